The van der Waals surface area contributed by atoms with Crippen LogP contribution in [-0.2, 0) is 16.1 Å². The van der Waals surface area contributed by atoms with Gasteiger partial charge in [-0.2, -0.15) is 0 Å². The lowest BCUT2D eigenvalue weighted by Gasteiger charge is -2.44. The van der Waals surface area contributed by atoms with E-state index in [1.54, 1.807) is 70.5 Å². The Morgan fingerprint density at radius 1 is 0.944 bits per heavy atom. The first-order valence-corrected chi connectivity index (χ1v) is 12.2. The summed E-state index contributed by atoms with van der Waals surface area (Å²) in [6, 6.07) is 18.5. The SMILES string of the molecule is O=C(NCc1ccco1)C1COC2(CCN(C(=O)c3ccccc3Cl)CC2)N1C(=O)c1ccccc1. The molecule has 1 atom stereocenters. The second kappa shape index (κ2) is 10.2. The van der Waals surface area contributed by atoms with Gasteiger partial charge in [0.1, 0.15) is 17.5 Å². The van der Waals surface area contributed by atoms with E-state index < -0.39 is 11.8 Å². The number of piperidine rings is 1. The molecule has 5 rings (SSSR count). The molecule has 8 nitrogen and oxygen atoms in total. The molecule has 186 valence electrons. The van der Waals surface area contributed by atoms with Crippen LogP contribution in [0.3, 0.4) is 0 Å². The maximum Gasteiger partial charge on any atom is 0.256 e. The van der Waals surface area contributed by atoms with Gasteiger partial charge in [-0.15, -0.1) is 0 Å². The number of amides is 3. The monoisotopic (exact) mass is 507 g/mol. The molecule has 36 heavy (non-hydrogen) atoms. The predicted molar refractivity (Wildman–Crippen MR) is 132 cm³/mol. The Labute approximate surface area is 213 Å². The fourth-order valence-electron chi connectivity index (χ4n) is 4.86. The Morgan fingerprint density at radius 3 is 2.36 bits per heavy atom. The minimum atomic E-state index is -0.989. The van der Waals surface area contributed by atoms with Gasteiger partial charge in [-0.05, 0) is 36.4 Å². The van der Waals surface area contributed by atoms with Gasteiger partial charge in [-0.1, -0.05) is 41.9 Å². The number of benzene rings is 2. The van der Waals surface area contributed by atoms with Crippen LogP contribution in [0.4, 0.5) is 0 Å². The zero-order valence-electron chi connectivity index (χ0n) is 19.6. The molecular formula is C27H26ClN3O5. The maximum atomic E-state index is 13.7. The van der Waals surface area contributed by atoms with Crippen molar-refractivity contribution in [1.29, 1.82) is 0 Å². The van der Waals surface area contributed by atoms with E-state index in [1.807, 2.05) is 6.07 Å². The van der Waals surface area contributed by atoms with Crippen LogP contribution < -0.4 is 5.32 Å². The first-order chi connectivity index (χ1) is 17.5. The summed E-state index contributed by atoms with van der Waals surface area (Å²) in [7, 11) is 0. The Bertz CT molecular complexity index is 1240. The molecule has 2 aliphatic heterocycles. The molecule has 1 unspecified atom stereocenters. The molecule has 1 aromatic heterocycles. The molecule has 3 aromatic rings. The third kappa shape index (κ3) is 4.62. The molecule has 2 aliphatic rings. The van der Waals surface area contributed by atoms with Crippen molar-refractivity contribution in [3.8, 4) is 0 Å². The van der Waals surface area contributed by atoms with Crippen LogP contribution in [0.15, 0.2) is 77.4 Å². The zero-order chi connectivity index (χ0) is 25.1. The van der Waals surface area contributed by atoms with Gasteiger partial charge in [-0.25, -0.2) is 0 Å². The number of furan rings is 1. The van der Waals surface area contributed by atoms with E-state index in [-0.39, 0.29) is 30.9 Å². The van der Waals surface area contributed by atoms with E-state index in [0.29, 0.717) is 47.8 Å². The second-order valence-electron chi connectivity index (χ2n) is 8.88. The van der Waals surface area contributed by atoms with Crippen molar-refractivity contribution in [3.63, 3.8) is 0 Å². The lowest BCUT2D eigenvalue weighted by atomic mass is 9.96. The fraction of sp³-hybridized carbons (Fsp3) is 0.296. The fourth-order valence-corrected chi connectivity index (χ4v) is 5.07. The van der Waals surface area contributed by atoms with E-state index >= 15 is 0 Å². The molecule has 1 N–H and O–H groups in total. The molecule has 2 saturated heterocycles. The molecule has 2 aromatic carbocycles. The van der Waals surface area contributed by atoms with E-state index in [0.717, 1.165) is 0 Å². The van der Waals surface area contributed by atoms with Gasteiger partial charge < -0.3 is 19.4 Å². The van der Waals surface area contributed by atoms with Gasteiger partial charge in [-0.3, -0.25) is 19.3 Å². The topological polar surface area (TPSA) is 92.1 Å². The lowest BCUT2D eigenvalue weighted by Crippen LogP contribution is -2.59. The summed E-state index contributed by atoms with van der Waals surface area (Å²) in [6.45, 7) is 1.01. The predicted octanol–water partition coefficient (Wildman–Crippen LogP) is 3.72. The van der Waals surface area contributed by atoms with Crippen molar-refractivity contribution < 1.29 is 23.5 Å². The minimum Gasteiger partial charge on any atom is -0.467 e. The van der Waals surface area contributed by atoms with Crippen molar-refractivity contribution in [2.45, 2.75) is 31.2 Å². The number of hydrogen-bond donors (Lipinski definition) is 1. The summed E-state index contributed by atoms with van der Waals surface area (Å²) in [4.78, 5) is 43.3. The number of carbonyl (C=O) groups excluding carboxylic acids is 3. The molecular weight excluding hydrogens is 482 g/mol. The van der Waals surface area contributed by atoms with Gasteiger partial charge >= 0.3 is 0 Å². The number of carbonyl (C=O) groups is 3. The summed E-state index contributed by atoms with van der Waals surface area (Å²) < 4.78 is 11.5. The molecule has 3 heterocycles. The van der Waals surface area contributed by atoms with E-state index in [2.05, 4.69) is 5.32 Å². The van der Waals surface area contributed by atoms with Gasteiger partial charge in [0.25, 0.3) is 11.8 Å². The molecule has 0 aliphatic carbocycles. The summed E-state index contributed by atoms with van der Waals surface area (Å²) in [5, 5.41) is 3.25. The lowest BCUT2D eigenvalue weighted by molar-refractivity contribution is -0.128. The summed E-state index contributed by atoms with van der Waals surface area (Å²) in [5.74, 6) is -0.148. The van der Waals surface area contributed by atoms with Gasteiger partial charge in [0.05, 0.1) is 30.0 Å². The van der Waals surface area contributed by atoms with Crippen molar-refractivity contribution in [2.75, 3.05) is 19.7 Å². The first kappa shape index (κ1) is 24.1. The average Bonchev–Trinajstić information content (AvgIpc) is 3.56. The summed E-state index contributed by atoms with van der Waals surface area (Å²) in [5.41, 5.74) is -0.0766. The van der Waals surface area contributed by atoms with Crippen LogP contribution in [0.1, 0.15) is 39.3 Å². The normalized spacial score (nSPS) is 18.9. The molecule has 2 fully saturated rings. The van der Waals surface area contributed by atoms with Crippen LogP contribution in [-0.4, -0.2) is 59.0 Å². The largest absolute Gasteiger partial charge is 0.467 e. The number of likely N-dealkylation sites (tertiary alicyclic amines) is 1. The second-order valence-corrected chi connectivity index (χ2v) is 9.29. The van der Waals surface area contributed by atoms with E-state index in [9.17, 15) is 14.4 Å². The van der Waals surface area contributed by atoms with Gasteiger partial charge in [0, 0.05) is 31.5 Å². The van der Waals surface area contributed by atoms with E-state index in [4.69, 9.17) is 20.8 Å². The molecule has 9 heteroatoms. The van der Waals surface area contributed by atoms with E-state index in [1.165, 1.54) is 6.26 Å². The molecule has 3 amide bonds. The number of ether oxygens (including phenoxy) is 1. The smallest absolute Gasteiger partial charge is 0.256 e. The van der Waals surface area contributed by atoms with Crippen LogP contribution in [0.25, 0.3) is 0 Å². The highest BCUT2D eigenvalue weighted by Crippen LogP contribution is 2.39. The highest BCUT2D eigenvalue weighted by atomic mass is 35.5. The number of nitrogens with zero attached hydrogens (tertiary/aromatic N) is 2. The minimum absolute atomic E-state index is 0.0705. The Hall–Kier alpha value is -3.62. The highest BCUT2D eigenvalue weighted by molar-refractivity contribution is 6.33. The summed E-state index contributed by atoms with van der Waals surface area (Å²) >= 11 is 6.24. The number of hydrogen-bond acceptors (Lipinski definition) is 5. The van der Waals surface area contributed by atoms with Crippen molar-refractivity contribution in [3.05, 3.63) is 94.9 Å². The van der Waals surface area contributed by atoms with Gasteiger partial charge in [0.2, 0.25) is 5.91 Å². The first-order valence-electron chi connectivity index (χ1n) is 11.8. The highest BCUT2D eigenvalue weighted by Gasteiger charge is 2.54. The van der Waals surface area contributed by atoms with Crippen LogP contribution >= 0.6 is 11.6 Å². The number of nitrogens with one attached hydrogen (secondary N) is 1. The third-order valence-electron chi connectivity index (χ3n) is 6.76. The standard InChI is InChI=1S/C27H26ClN3O5/c28-22-11-5-4-10-21(22)26(34)30-14-12-27(13-15-30)31(25(33)19-7-2-1-3-8-19)23(18-36-27)24(32)29-17-20-9-6-16-35-20/h1-11,16,23H,12-15,17-18H2,(H,29,32). The van der Waals surface area contributed by atoms with Crippen LogP contribution in [0.5, 0.6) is 0 Å². The average molecular weight is 508 g/mol. The maximum absolute atomic E-state index is 13.7. The Kier molecular flexibility index (Phi) is 6.80. The molecule has 1 spiro atoms. The number of rotatable bonds is 5. The zero-order valence-corrected chi connectivity index (χ0v) is 20.3. The van der Waals surface area contributed by atoms with Crippen LogP contribution in [0, 0.1) is 0 Å². The quantitative estimate of drug-likeness (QED) is 0.568. The molecule has 0 radical (unpaired) electrons. The van der Waals surface area contributed by atoms with Crippen molar-refractivity contribution in [1.82, 2.24) is 15.1 Å². The molecule has 0 saturated carbocycles. The van der Waals surface area contributed by atoms with Crippen molar-refractivity contribution in [2.24, 2.45) is 0 Å². The third-order valence-corrected chi connectivity index (χ3v) is 7.09. The summed E-state index contributed by atoms with van der Waals surface area (Å²) in [6.07, 6.45) is 2.30. The van der Waals surface area contributed by atoms with Gasteiger partial charge in [0.15, 0.2) is 0 Å². The Morgan fingerprint density at radius 2 is 1.67 bits per heavy atom. The van der Waals surface area contributed by atoms with Crippen molar-refractivity contribution >= 4 is 29.3 Å². The Balaban J connectivity index is 1.36. The number of halogens is 1. The van der Waals surface area contributed by atoms with Crippen LogP contribution in [0.2, 0.25) is 5.02 Å². The molecule has 0 bridgehead atoms.